The molecule has 5 rings (SSSR count). The smallest absolute Gasteiger partial charge is 0.283 e. The summed E-state index contributed by atoms with van der Waals surface area (Å²) in [6, 6.07) is 18.0. The summed E-state index contributed by atoms with van der Waals surface area (Å²) < 4.78 is 8.05. The molecule has 0 spiro atoms. The molecule has 0 saturated heterocycles. The van der Waals surface area contributed by atoms with Crippen LogP contribution in [0.1, 0.15) is 28.1 Å². The normalized spacial score (nSPS) is 16.5. The van der Waals surface area contributed by atoms with Crippen molar-refractivity contribution >= 4 is 39.8 Å². The number of fused-ring (bicyclic) bond motifs is 1. The van der Waals surface area contributed by atoms with E-state index < -0.39 is 5.91 Å². The molecule has 0 saturated carbocycles. The lowest BCUT2D eigenvalue weighted by molar-refractivity contribution is -0.114. The lowest BCUT2D eigenvalue weighted by atomic mass is 10.1. The Balaban J connectivity index is 1.41. The Morgan fingerprint density at radius 1 is 1.03 bits per heavy atom. The van der Waals surface area contributed by atoms with E-state index in [0.717, 1.165) is 39.5 Å². The number of hydrogen-bond acceptors (Lipinski definition) is 5. The van der Waals surface area contributed by atoms with Gasteiger partial charge in [0.1, 0.15) is 17.4 Å². The monoisotopic (exact) mass is 483 g/mol. The van der Waals surface area contributed by atoms with Gasteiger partial charge in [0, 0.05) is 17.1 Å². The van der Waals surface area contributed by atoms with Crippen LogP contribution >= 0.6 is 11.8 Å². The van der Waals surface area contributed by atoms with Gasteiger partial charge < -0.3 is 9.30 Å². The van der Waals surface area contributed by atoms with E-state index in [1.165, 1.54) is 16.8 Å². The van der Waals surface area contributed by atoms with Crippen molar-refractivity contribution in [3.8, 4) is 11.4 Å². The van der Waals surface area contributed by atoms with E-state index in [-0.39, 0.29) is 18.0 Å². The molecule has 2 aliphatic heterocycles. The molecule has 3 heterocycles. The van der Waals surface area contributed by atoms with Crippen molar-refractivity contribution < 1.29 is 9.53 Å². The van der Waals surface area contributed by atoms with Gasteiger partial charge in [-0.25, -0.2) is 0 Å². The second-order valence-corrected chi connectivity index (χ2v) is 9.56. The Morgan fingerprint density at radius 3 is 2.49 bits per heavy atom. The molecule has 0 aliphatic carbocycles. The number of carbonyl (C=O) groups is 1. The number of nitrogens with zero attached hydrogens (tertiary/aromatic N) is 4. The number of para-hydroxylation sites is 2. The number of amidine groups is 2. The summed E-state index contributed by atoms with van der Waals surface area (Å²) in [5, 5.41) is 15.6. The van der Waals surface area contributed by atoms with E-state index in [1.807, 2.05) is 63.2 Å². The van der Waals surface area contributed by atoms with E-state index in [9.17, 15) is 4.79 Å². The number of hydrogen-bond donors (Lipinski definition) is 1. The minimum atomic E-state index is -0.439. The molecule has 1 N–H and O–H groups in total. The quantitative estimate of drug-likeness (QED) is 0.492. The Labute approximate surface area is 208 Å². The number of aliphatic imine (C=N–C) groups is 1. The van der Waals surface area contributed by atoms with Crippen LogP contribution < -0.4 is 4.74 Å². The molecule has 0 atom stereocenters. The van der Waals surface area contributed by atoms with Crippen molar-refractivity contribution in [3.05, 3.63) is 88.2 Å². The molecule has 1 amide bonds. The van der Waals surface area contributed by atoms with E-state index in [2.05, 4.69) is 33.7 Å². The molecule has 0 radical (unpaired) electrons. The van der Waals surface area contributed by atoms with Gasteiger partial charge in [-0.3, -0.25) is 10.2 Å². The van der Waals surface area contributed by atoms with Crippen LogP contribution in [0.4, 0.5) is 0 Å². The van der Waals surface area contributed by atoms with Crippen molar-refractivity contribution in [2.75, 3.05) is 6.61 Å². The minimum absolute atomic E-state index is 0.0130. The Bertz CT molecular complexity index is 1460. The largest absolute Gasteiger partial charge is 0.486 e. The summed E-state index contributed by atoms with van der Waals surface area (Å²) in [5.74, 6) is 0.350. The highest BCUT2D eigenvalue weighted by Crippen LogP contribution is 2.30. The van der Waals surface area contributed by atoms with Crippen LogP contribution in [0.15, 0.2) is 70.3 Å². The summed E-state index contributed by atoms with van der Waals surface area (Å²) in [7, 11) is 0. The predicted octanol–water partition coefficient (Wildman–Crippen LogP) is 5.41. The number of nitrogens with one attached hydrogen (secondary N) is 1. The van der Waals surface area contributed by atoms with Crippen LogP contribution in [0, 0.1) is 33.1 Å². The number of aromatic nitrogens is 1. The zero-order valence-electron chi connectivity index (χ0n) is 20.0. The summed E-state index contributed by atoms with van der Waals surface area (Å²) in [5.41, 5.74) is 6.41. The molecule has 0 unspecified atom stereocenters. The lowest BCUT2D eigenvalue weighted by Crippen LogP contribution is -2.35. The number of thioether (sulfide) groups is 1. The second-order valence-electron chi connectivity index (χ2n) is 8.52. The van der Waals surface area contributed by atoms with E-state index >= 15 is 0 Å². The summed E-state index contributed by atoms with van der Waals surface area (Å²) in [6.45, 7) is 8.35. The van der Waals surface area contributed by atoms with Gasteiger partial charge in [-0.1, -0.05) is 36.4 Å². The molecule has 1 aromatic heterocycles. The number of rotatable bonds is 5. The fraction of sp³-hybridized carbons (Fsp3) is 0.185. The van der Waals surface area contributed by atoms with Gasteiger partial charge in [-0.05, 0) is 80.4 Å². The van der Waals surface area contributed by atoms with Crippen molar-refractivity contribution in [1.29, 1.82) is 5.41 Å². The predicted molar refractivity (Wildman–Crippen MR) is 142 cm³/mol. The molecule has 7 nitrogen and oxygen atoms in total. The Hall–Kier alpha value is -3.91. The number of hydrazone groups is 1. The minimum Gasteiger partial charge on any atom is -0.486 e. The number of benzene rings is 2. The van der Waals surface area contributed by atoms with Crippen molar-refractivity contribution in [2.45, 2.75) is 27.7 Å². The summed E-state index contributed by atoms with van der Waals surface area (Å²) in [4.78, 5) is 17.1. The van der Waals surface area contributed by atoms with Gasteiger partial charge in [-0.2, -0.15) is 15.1 Å². The molecule has 3 aromatic rings. The third kappa shape index (κ3) is 4.21. The summed E-state index contributed by atoms with van der Waals surface area (Å²) >= 11 is 1.25. The second kappa shape index (κ2) is 9.03. The van der Waals surface area contributed by atoms with Crippen LogP contribution in [0.2, 0.25) is 0 Å². The highest BCUT2D eigenvalue weighted by atomic mass is 32.2. The van der Waals surface area contributed by atoms with E-state index in [0.29, 0.717) is 10.2 Å². The van der Waals surface area contributed by atoms with Crippen LogP contribution in [0.3, 0.4) is 0 Å². The van der Waals surface area contributed by atoms with Gasteiger partial charge in [0.15, 0.2) is 5.84 Å². The number of carbonyl (C=O) groups excluding carboxylic acids is 1. The molecule has 35 heavy (non-hydrogen) atoms. The maximum Gasteiger partial charge on any atom is 0.283 e. The van der Waals surface area contributed by atoms with Crippen LogP contribution in [0.25, 0.3) is 11.8 Å². The fourth-order valence-electron chi connectivity index (χ4n) is 4.22. The van der Waals surface area contributed by atoms with E-state index in [4.69, 9.17) is 10.1 Å². The molecule has 176 valence electrons. The number of aryl methyl sites for hydroxylation is 3. The maximum atomic E-state index is 12.9. The Kier molecular flexibility index (Phi) is 5.90. The lowest BCUT2D eigenvalue weighted by Gasteiger charge is -2.20. The highest BCUT2D eigenvalue weighted by molar-refractivity contribution is 8.27. The number of ether oxygens (including phenoxy) is 1. The topological polar surface area (TPSA) is 83.0 Å². The first-order chi connectivity index (χ1) is 16.8. The number of amides is 1. The molecule has 8 heteroatoms. The molecular weight excluding hydrogens is 458 g/mol. The molecule has 0 bridgehead atoms. The first-order valence-electron chi connectivity index (χ1n) is 11.3. The van der Waals surface area contributed by atoms with Gasteiger partial charge >= 0.3 is 0 Å². The van der Waals surface area contributed by atoms with Crippen molar-refractivity contribution in [3.63, 3.8) is 0 Å². The van der Waals surface area contributed by atoms with E-state index in [1.54, 1.807) is 6.08 Å². The zero-order chi connectivity index (χ0) is 24.7. The first-order valence-corrected chi connectivity index (χ1v) is 12.1. The van der Waals surface area contributed by atoms with Crippen LogP contribution in [-0.4, -0.2) is 38.1 Å². The van der Waals surface area contributed by atoms with Gasteiger partial charge in [0.05, 0.1) is 5.57 Å². The maximum absolute atomic E-state index is 12.9. The van der Waals surface area contributed by atoms with Gasteiger partial charge in [-0.15, -0.1) is 0 Å². The third-order valence-corrected chi connectivity index (χ3v) is 6.95. The molecule has 0 fully saturated rings. The summed E-state index contributed by atoms with van der Waals surface area (Å²) in [6.07, 6.45) is 1.74. The average Bonchev–Trinajstić information content (AvgIpc) is 3.36. The standard InChI is InChI=1S/C27H25N5O2S/c1-16-9-5-7-11-22(16)31-18(3)13-20(19(31)4)14-21-25(28)32-27(29-26(21)33)35-24(30-32)15-34-23-12-8-6-10-17(23)2/h5-14,28H,15H2,1-4H3/b21-14-,28-25?. The van der Waals surface area contributed by atoms with Crippen molar-refractivity contribution in [2.24, 2.45) is 10.1 Å². The highest BCUT2D eigenvalue weighted by Gasteiger charge is 2.36. The SMILES string of the molecule is Cc1ccccc1OCC1=NN2C(=N)/C(=C/c3cc(C)n(-c4ccccc4C)c3C)C(=O)N=C2S1. The average molecular weight is 484 g/mol. The van der Waals surface area contributed by atoms with Gasteiger partial charge in [0.25, 0.3) is 5.91 Å². The van der Waals surface area contributed by atoms with Gasteiger partial charge in [0.2, 0.25) is 5.17 Å². The van der Waals surface area contributed by atoms with Crippen molar-refractivity contribution in [1.82, 2.24) is 9.58 Å². The third-order valence-electron chi connectivity index (χ3n) is 6.07. The molecule has 2 aromatic carbocycles. The molecule has 2 aliphatic rings. The van der Waals surface area contributed by atoms with Crippen LogP contribution in [-0.2, 0) is 4.79 Å². The van der Waals surface area contributed by atoms with Crippen LogP contribution in [0.5, 0.6) is 5.75 Å². The fourth-order valence-corrected chi connectivity index (χ4v) is 5.02. The molecular formula is C27H25N5O2S. The first kappa shape index (κ1) is 22.9. The Morgan fingerprint density at radius 2 is 1.74 bits per heavy atom. The zero-order valence-corrected chi connectivity index (χ0v) is 20.8.